The third-order valence-corrected chi connectivity index (χ3v) is 3.80. The topological polar surface area (TPSA) is 40.5 Å². The third-order valence-electron chi connectivity index (χ3n) is 3.80. The van der Waals surface area contributed by atoms with Crippen LogP contribution >= 0.6 is 0 Å². The first-order valence-electron chi connectivity index (χ1n) is 6.17. The molecule has 0 atom stereocenters. The molecule has 1 aromatic rings. The average Bonchev–Trinajstić information content (AvgIpc) is 2.30. The van der Waals surface area contributed by atoms with Gasteiger partial charge in [-0.15, -0.1) is 0 Å². The van der Waals surface area contributed by atoms with Crippen molar-refractivity contribution in [1.82, 2.24) is 0 Å². The number of quaternary nitrogens is 1. The van der Waals surface area contributed by atoms with E-state index in [9.17, 15) is 10.2 Å². The molecule has 1 fully saturated rings. The van der Waals surface area contributed by atoms with Crippen molar-refractivity contribution in [2.75, 3.05) is 20.1 Å². The Labute approximate surface area is 134 Å². The first-order valence-corrected chi connectivity index (χ1v) is 6.17. The molecular formula is C14H21NO2Y. The number of hydrogen-bond acceptors (Lipinski definition) is 2. The van der Waals surface area contributed by atoms with Crippen LogP contribution in [-0.2, 0) is 39.3 Å². The molecule has 97 valence electrons. The summed E-state index contributed by atoms with van der Waals surface area (Å²) in [6, 6.07) is 5.18. The summed E-state index contributed by atoms with van der Waals surface area (Å²) in [5.74, 6) is 0.573. The Kier molecular flexibility index (Phi) is 5.63. The van der Waals surface area contributed by atoms with E-state index in [0.29, 0.717) is 5.92 Å². The maximum absolute atomic E-state index is 9.82. The Balaban J connectivity index is 0.00000162. The zero-order valence-corrected chi connectivity index (χ0v) is 13.8. The Bertz CT molecular complexity index is 401. The number of benzene rings is 1. The number of piperidine rings is 1. The van der Waals surface area contributed by atoms with Gasteiger partial charge in [0.25, 0.3) is 0 Å². The average molecular weight is 324 g/mol. The van der Waals surface area contributed by atoms with Crippen LogP contribution < -0.4 is 0 Å². The van der Waals surface area contributed by atoms with Crippen LogP contribution in [0.2, 0.25) is 0 Å². The maximum Gasteiger partial charge on any atom is 0.166 e. The number of phenols is 2. The summed E-state index contributed by atoms with van der Waals surface area (Å²) < 4.78 is 0.920. The van der Waals surface area contributed by atoms with E-state index in [-0.39, 0.29) is 44.2 Å². The molecule has 0 bridgehead atoms. The Morgan fingerprint density at radius 2 is 1.89 bits per heavy atom. The first kappa shape index (κ1) is 15.9. The quantitative estimate of drug-likeness (QED) is 0.498. The number of aromatic hydroxyl groups is 2. The molecule has 0 aromatic heterocycles. The molecule has 18 heavy (non-hydrogen) atoms. The Hall–Kier alpha value is -0.116. The van der Waals surface area contributed by atoms with Gasteiger partial charge in [-0.1, -0.05) is 6.07 Å². The number of hydrogen-bond donors (Lipinski definition) is 2. The van der Waals surface area contributed by atoms with Gasteiger partial charge in [0.1, 0.15) is 6.54 Å². The van der Waals surface area contributed by atoms with Gasteiger partial charge < -0.3 is 21.6 Å². The second-order valence-electron chi connectivity index (χ2n) is 5.45. The zero-order valence-electron chi connectivity index (χ0n) is 11.0. The van der Waals surface area contributed by atoms with Crippen molar-refractivity contribution in [3.63, 3.8) is 0 Å². The molecule has 0 unspecified atom stereocenters. The number of likely N-dealkylation sites (tertiary alicyclic amines) is 1. The monoisotopic (exact) mass is 324 g/mol. The van der Waals surface area contributed by atoms with Crippen LogP contribution in [0, 0.1) is 12.8 Å². The molecule has 2 rings (SSSR count). The molecule has 2 N–H and O–H groups in total. The molecule has 1 radical (unpaired) electrons. The van der Waals surface area contributed by atoms with Gasteiger partial charge in [-0.3, -0.25) is 0 Å². The molecule has 1 aliphatic rings. The third kappa shape index (κ3) is 3.69. The summed E-state index contributed by atoms with van der Waals surface area (Å²) in [6.07, 6.45) is 2.27. The van der Waals surface area contributed by atoms with Gasteiger partial charge in [0.15, 0.2) is 11.5 Å². The van der Waals surface area contributed by atoms with Gasteiger partial charge >= 0.3 is 0 Å². The van der Waals surface area contributed by atoms with Gasteiger partial charge in [-0.05, 0) is 25.0 Å². The normalized spacial score (nSPS) is 27.6. The minimum absolute atomic E-state index is 0. The minimum Gasteiger partial charge on any atom is -0.504 e. The van der Waals surface area contributed by atoms with Crippen molar-refractivity contribution in [3.8, 4) is 11.5 Å². The molecular weight excluding hydrogens is 303 g/mol. The molecule has 1 aromatic carbocycles. The molecule has 0 spiro atoms. The number of rotatable bonds is 2. The van der Waals surface area contributed by atoms with Gasteiger partial charge in [0, 0.05) is 32.7 Å². The van der Waals surface area contributed by atoms with Crippen molar-refractivity contribution in [1.29, 1.82) is 0 Å². The van der Waals surface area contributed by atoms with Crippen LogP contribution in [0.1, 0.15) is 18.4 Å². The van der Waals surface area contributed by atoms with Crippen molar-refractivity contribution in [3.05, 3.63) is 30.7 Å². The van der Waals surface area contributed by atoms with Crippen LogP contribution in [0.25, 0.3) is 0 Å². The molecule has 1 saturated heterocycles. The zero-order chi connectivity index (χ0) is 12.5. The van der Waals surface area contributed by atoms with E-state index < -0.39 is 0 Å². The smallest absolute Gasteiger partial charge is 0.166 e. The van der Waals surface area contributed by atoms with Crippen molar-refractivity contribution in [2.24, 2.45) is 5.92 Å². The number of nitrogens with zero attached hydrogens (tertiary/aromatic N) is 1. The fraction of sp³-hybridized carbons (Fsp3) is 0.500. The van der Waals surface area contributed by atoms with Gasteiger partial charge in [0.2, 0.25) is 0 Å². The van der Waals surface area contributed by atoms with E-state index in [4.69, 9.17) is 0 Å². The van der Waals surface area contributed by atoms with Crippen molar-refractivity contribution in [2.45, 2.75) is 19.4 Å². The molecule has 0 aliphatic carbocycles. The number of para-hydroxylation sites is 1. The molecule has 3 nitrogen and oxygen atoms in total. The summed E-state index contributed by atoms with van der Waals surface area (Å²) in [4.78, 5) is 0. The van der Waals surface area contributed by atoms with Gasteiger partial charge in [-0.25, -0.2) is 0 Å². The SMILES string of the molecule is [CH2-]C1CC[N+](C)(Cc2cccc(O)c2O)CC1.[Y]. The Morgan fingerprint density at radius 3 is 2.50 bits per heavy atom. The second kappa shape index (κ2) is 6.36. The second-order valence-corrected chi connectivity index (χ2v) is 5.45. The molecule has 0 amide bonds. The van der Waals surface area contributed by atoms with Crippen LogP contribution in [0.3, 0.4) is 0 Å². The predicted molar refractivity (Wildman–Crippen MR) is 67.5 cm³/mol. The van der Waals surface area contributed by atoms with Crippen LogP contribution in [0.5, 0.6) is 11.5 Å². The van der Waals surface area contributed by atoms with E-state index in [1.54, 1.807) is 6.07 Å². The number of phenolic OH excluding ortho intramolecular Hbond substituents is 2. The summed E-state index contributed by atoms with van der Waals surface area (Å²) in [7, 11) is 2.20. The van der Waals surface area contributed by atoms with E-state index >= 15 is 0 Å². The van der Waals surface area contributed by atoms with Crippen molar-refractivity contribution >= 4 is 0 Å². The largest absolute Gasteiger partial charge is 0.504 e. The predicted octanol–water partition coefficient (Wildman–Crippen LogP) is 2.29. The van der Waals surface area contributed by atoms with Crippen molar-refractivity contribution < 1.29 is 47.4 Å². The van der Waals surface area contributed by atoms with Crippen LogP contribution in [0.4, 0.5) is 0 Å². The van der Waals surface area contributed by atoms with Crippen LogP contribution in [-0.4, -0.2) is 34.8 Å². The molecule has 1 aliphatic heterocycles. The van der Waals surface area contributed by atoms with Crippen LogP contribution in [0.15, 0.2) is 18.2 Å². The van der Waals surface area contributed by atoms with E-state index in [1.165, 1.54) is 6.07 Å². The Morgan fingerprint density at radius 1 is 1.28 bits per heavy atom. The van der Waals surface area contributed by atoms with Gasteiger partial charge in [-0.2, -0.15) is 5.92 Å². The van der Waals surface area contributed by atoms with E-state index in [0.717, 1.165) is 42.5 Å². The maximum atomic E-state index is 9.82. The van der Waals surface area contributed by atoms with E-state index in [2.05, 4.69) is 14.0 Å². The minimum atomic E-state index is -0.0267. The summed E-state index contributed by atoms with van der Waals surface area (Å²) in [5, 5.41) is 19.3. The standard InChI is InChI=1S/C14H21NO2.Y/c1-11-6-8-15(2,9-7-11)10-12-4-3-5-13(16)14(12)17;/h3-5,11,16-17H,1,6-10H2,2H3;. The fourth-order valence-corrected chi connectivity index (χ4v) is 2.52. The molecule has 1 heterocycles. The summed E-state index contributed by atoms with van der Waals surface area (Å²) in [6.45, 7) is 7.05. The molecule has 0 saturated carbocycles. The first-order chi connectivity index (χ1) is 8.00. The summed E-state index contributed by atoms with van der Waals surface area (Å²) in [5.41, 5.74) is 0.829. The molecule has 4 heteroatoms. The van der Waals surface area contributed by atoms with E-state index in [1.807, 2.05) is 6.07 Å². The fourth-order valence-electron chi connectivity index (χ4n) is 2.52. The summed E-state index contributed by atoms with van der Waals surface area (Å²) >= 11 is 0. The van der Waals surface area contributed by atoms with Gasteiger partial charge in [0.05, 0.1) is 25.7 Å².